The molecule has 0 aliphatic carbocycles. The molecule has 7 heteroatoms. The average molecular weight is 201 g/mol. The van der Waals surface area contributed by atoms with Crippen LogP contribution in [0.3, 0.4) is 0 Å². The van der Waals surface area contributed by atoms with Crippen molar-refractivity contribution in [3.63, 3.8) is 0 Å². The van der Waals surface area contributed by atoms with Gasteiger partial charge in [-0.1, -0.05) is 6.92 Å². The average Bonchev–Trinajstić information content (AvgIpc) is 2.14. The molecule has 0 aromatic heterocycles. The number of nitrogens with zero attached hydrogens (tertiary/aromatic N) is 2. The molecule has 3 amide bonds. The Labute approximate surface area is 82.3 Å². The van der Waals surface area contributed by atoms with Crippen LogP contribution in [-0.2, 0) is 4.79 Å². The molecule has 0 aliphatic heterocycles. The van der Waals surface area contributed by atoms with E-state index in [0.29, 0.717) is 6.42 Å². The number of guanidine groups is 1. The maximum absolute atomic E-state index is 11.1. The van der Waals surface area contributed by atoms with Gasteiger partial charge >= 0.3 is 6.03 Å². The molecule has 0 atom stereocenters. The van der Waals surface area contributed by atoms with Crippen LogP contribution < -0.4 is 16.5 Å². The van der Waals surface area contributed by atoms with Crippen molar-refractivity contribution in [2.75, 3.05) is 14.1 Å². The third-order valence-electron chi connectivity index (χ3n) is 1.42. The Balaban J connectivity index is 4.19. The minimum Gasteiger partial charge on any atom is -0.351 e. The largest absolute Gasteiger partial charge is 0.351 e. The summed E-state index contributed by atoms with van der Waals surface area (Å²) in [5, 5.41) is 3.44. The van der Waals surface area contributed by atoms with Crippen molar-refractivity contribution in [2.45, 2.75) is 13.3 Å². The Morgan fingerprint density at radius 3 is 2.43 bits per heavy atom. The quantitative estimate of drug-likeness (QED) is 0.288. The number of nitrogens with one attached hydrogen (secondary N) is 2. The first-order chi connectivity index (χ1) is 6.51. The van der Waals surface area contributed by atoms with Crippen LogP contribution in [0.2, 0.25) is 0 Å². The van der Waals surface area contributed by atoms with Crippen LogP contribution in [0.4, 0.5) is 4.79 Å². The zero-order valence-corrected chi connectivity index (χ0v) is 8.50. The Bertz CT molecular complexity index is 250. The number of amides is 3. The maximum Gasteiger partial charge on any atom is 0.318 e. The summed E-state index contributed by atoms with van der Waals surface area (Å²) in [6.07, 6.45) is 0.358. The first-order valence-corrected chi connectivity index (χ1v) is 4.07. The molecule has 0 aliphatic rings. The van der Waals surface area contributed by atoms with Gasteiger partial charge in [0.25, 0.3) is 0 Å². The lowest BCUT2D eigenvalue weighted by atomic mass is 10.4. The lowest BCUT2D eigenvalue weighted by Gasteiger charge is -2.19. The van der Waals surface area contributed by atoms with Crippen LogP contribution in [0.5, 0.6) is 0 Å². The fourth-order valence-electron chi connectivity index (χ4n) is 0.709. The lowest BCUT2D eigenvalue weighted by molar-refractivity contribution is -0.131. The number of rotatable bonds is 1. The molecule has 0 unspecified atom stereocenters. The molecule has 80 valence electrons. The van der Waals surface area contributed by atoms with Crippen LogP contribution in [0.25, 0.3) is 0 Å². The number of carbonyl (C=O) groups is 2. The van der Waals surface area contributed by atoms with Crippen molar-refractivity contribution in [2.24, 2.45) is 10.7 Å². The minimum atomic E-state index is -0.740. The third kappa shape index (κ3) is 4.29. The fraction of sp³-hybridized carbons (Fsp3) is 0.571. The SMILES string of the molecule is CCC(=O)N(C)NC(=NC)NC(N)=O. The van der Waals surface area contributed by atoms with Gasteiger partial charge in [-0.25, -0.2) is 4.79 Å². The predicted octanol–water partition coefficient (Wildman–Crippen LogP) is -0.986. The van der Waals surface area contributed by atoms with Crippen molar-refractivity contribution in [1.82, 2.24) is 15.8 Å². The molecule has 0 radical (unpaired) electrons. The van der Waals surface area contributed by atoms with Crippen LogP contribution >= 0.6 is 0 Å². The summed E-state index contributed by atoms with van der Waals surface area (Å²) in [4.78, 5) is 25.3. The van der Waals surface area contributed by atoms with E-state index in [4.69, 9.17) is 5.73 Å². The molecule has 0 fully saturated rings. The number of aliphatic imine (C=N–C) groups is 1. The van der Waals surface area contributed by atoms with Gasteiger partial charge in [0, 0.05) is 20.5 Å². The molecular weight excluding hydrogens is 186 g/mol. The Kier molecular flexibility index (Phi) is 5.05. The Morgan fingerprint density at radius 2 is 2.07 bits per heavy atom. The van der Waals surface area contributed by atoms with Gasteiger partial charge < -0.3 is 5.73 Å². The van der Waals surface area contributed by atoms with Gasteiger partial charge in [0.15, 0.2) is 0 Å². The number of urea groups is 1. The highest BCUT2D eigenvalue weighted by atomic mass is 16.2. The monoisotopic (exact) mass is 201 g/mol. The van der Waals surface area contributed by atoms with Gasteiger partial charge in [0.2, 0.25) is 11.9 Å². The number of nitrogens with two attached hydrogens (primary N) is 1. The van der Waals surface area contributed by atoms with Crippen LogP contribution in [0.15, 0.2) is 4.99 Å². The van der Waals surface area contributed by atoms with Crippen LogP contribution in [-0.4, -0.2) is 37.0 Å². The van der Waals surface area contributed by atoms with E-state index in [9.17, 15) is 9.59 Å². The van der Waals surface area contributed by atoms with Gasteiger partial charge in [-0.15, -0.1) is 0 Å². The standard InChI is InChI=1S/C7H15N5O2/c1-4-5(13)12(3)11-7(9-2)10-6(8)14/h4H2,1-3H3,(H4,8,9,10,11,14). The van der Waals surface area contributed by atoms with Crippen LogP contribution in [0, 0.1) is 0 Å². The third-order valence-corrected chi connectivity index (χ3v) is 1.42. The number of hydrazine groups is 1. The van der Waals surface area contributed by atoms with E-state index in [0.717, 1.165) is 0 Å². The van der Waals surface area contributed by atoms with E-state index in [1.807, 2.05) is 0 Å². The number of primary amides is 1. The topological polar surface area (TPSA) is 99.8 Å². The number of hydrogen-bond acceptors (Lipinski definition) is 3. The van der Waals surface area contributed by atoms with Crippen molar-refractivity contribution < 1.29 is 9.59 Å². The van der Waals surface area contributed by atoms with Crippen molar-refractivity contribution in [3.05, 3.63) is 0 Å². The second-order valence-corrected chi connectivity index (χ2v) is 2.48. The summed E-state index contributed by atoms with van der Waals surface area (Å²) in [5.74, 6) is -0.000722. The summed E-state index contributed by atoms with van der Waals surface area (Å²) in [5.41, 5.74) is 7.45. The smallest absolute Gasteiger partial charge is 0.318 e. The summed E-state index contributed by atoms with van der Waals surface area (Å²) in [6, 6.07) is -0.740. The van der Waals surface area contributed by atoms with E-state index < -0.39 is 6.03 Å². The zero-order chi connectivity index (χ0) is 11.1. The van der Waals surface area contributed by atoms with Crippen molar-refractivity contribution >= 4 is 17.9 Å². The molecule has 0 aromatic carbocycles. The van der Waals surface area contributed by atoms with E-state index in [2.05, 4.69) is 15.7 Å². The molecule has 0 spiro atoms. The molecule has 14 heavy (non-hydrogen) atoms. The van der Waals surface area contributed by atoms with E-state index in [-0.39, 0.29) is 11.9 Å². The predicted molar refractivity (Wildman–Crippen MR) is 52.3 cm³/mol. The normalized spacial score (nSPS) is 10.6. The van der Waals surface area contributed by atoms with Gasteiger partial charge in [0.1, 0.15) is 0 Å². The molecule has 0 saturated heterocycles. The first kappa shape index (κ1) is 12.2. The highest BCUT2D eigenvalue weighted by Crippen LogP contribution is 1.84. The molecular formula is C7H15N5O2. The molecule has 0 rings (SSSR count). The highest BCUT2D eigenvalue weighted by molar-refractivity contribution is 5.96. The molecule has 7 nitrogen and oxygen atoms in total. The van der Waals surface area contributed by atoms with Gasteiger partial charge in [-0.2, -0.15) is 0 Å². The second-order valence-electron chi connectivity index (χ2n) is 2.48. The molecule has 0 saturated carbocycles. The summed E-state index contributed by atoms with van der Waals surface area (Å²) in [6.45, 7) is 1.73. The Morgan fingerprint density at radius 1 is 1.50 bits per heavy atom. The summed E-state index contributed by atoms with van der Waals surface area (Å²) in [7, 11) is 2.99. The lowest BCUT2D eigenvalue weighted by Crippen LogP contribution is -2.51. The second kappa shape index (κ2) is 5.79. The summed E-state index contributed by atoms with van der Waals surface area (Å²) < 4.78 is 0. The van der Waals surface area contributed by atoms with Gasteiger partial charge in [-0.05, 0) is 0 Å². The molecule has 0 bridgehead atoms. The minimum absolute atomic E-state index is 0.127. The van der Waals surface area contributed by atoms with Crippen molar-refractivity contribution in [1.29, 1.82) is 0 Å². The number of hydrogen-bond donors (Lipinski definition) is 3. The van der Waals surface area contributed by atoms with Crippen LogP contribution in [0.1, 0.15) is 13.3 Å². The Hall–Kier alpha value is -1.79. The van der Waals surface area contributed by atoms with Gasteiger partial charge in [0.05, 0.1) is 0 Å². The maximum atomic E-state index is 11.1. The number of carbonyl (C=O) groups excluding carboxylic acids is 2. The van der Waals surface area contributed by atoms with Gasteiger partial charge in [-0.3, -0.25) is 25.5 Å². The molecule has 0 aromatic rings. The van der Waals surface area contributed by atoms with Crippen molar-refractivity contribution in [3.8, 4) is 0 Å². The van der Waals surface area contributed by atoms with E-state index in [1.54, 1.807) is 6.92 Å². The van der Waals surface area contributed by atoms with E-state index >= 15 is 0 Å². The van der Waals surface area contributed by atoms with E-state index in [1.165, 1.54) is 19.1 Å². The first-order valence-electron chi connectivity index (χ1n) is 4.07. The molecule has 0 heterocycles. The zero-order valence-electron chi connectivity index (χ0n) is 8.50. The summed E-state index contributed by atoms with van der Waals surface area (Å²) >= 11 is 0. The fourth-order valence-corrected chi connectivity index (χ4v) is 0.709. The highest BCUT2D eigenvalue weighted by Gasteiger charge is 2.08. The molecule has 4 N–H and O–H groups in total.